The Morgan fingerprint density at radius 1 is 1.20 bits per heavy atom. The number of carbonyl (C=O) groups is 4. The van der Waals surface area contributed by atoms with Crippen LogP contribution in [0.2, 0.25) is 0 Å². The van der Waals surface area contributed by atoms with Gasteiger partial charge in [-0.3, -0.25) is 14.4 Å². The number of nitrogens with one attached hydrogen (secondary N) is 1. The molecule has 0 heterocycles. The maximum atomic E-state index is 12.0. The van der Waals surface area contributed by atoms with Crippen molar-refractivity contribution in [3.63, 3.8) is 0 Å². The molecule has 0 fully saturated rings. The van der Waals surface area contributed by atoms with Crippen molar-refractivity contribution < 1.29 is 24.3 Å². The van der Waals surface area contributed by atoms with Crippen LogP contribution in [0.4, 0.5) is 0 Å². The maximum absolute atomic E-state index is 12.0. The summed E-state index contributed by atoms with van der Waals surface area (Å²) in [6.45, 7) is 4.04. The molecule has 0 radical (unpaired) electrons. The summed E-state index contributed by atoms with van der Waals surface area (Å²) in [6, 6.07) is -1.03. The van der Waals surface area contributed by atoms with E-state index in [4.69, 9.17) is 5.11 Å². The van der Waals surface area contributed by atoms with Crippen LogP contribution in [0.25, 0.3) is 0 Å². The summed E-state index contributed by atoms with van der Waals surface area (Å²) in [5, 5.41) is 11.5. The second-order valence-corrected chi connectivity index (χ2v) is 4.46. The van der Waals surface area contributed by atoms with Gasteiger partial charge in [0.05, 0.1) is 6.54 Å². The lowest BCUT2D eigenvalue weighted by Crippen LogP contribution is -2.50. The molecule has 1 unspecified atom stereocenters. The number of nitrogens with zero attached hydrogens (tertiary/aromatic N) is 2. The van der Waals surface area contributed by atoms with Gasteiger partial charge in [0.15, 0.2) is 0 Å². The van der Waals surface area contributed by atoms with Gasteiger partial charge in [-0.25, -0.2) is 4.79 Å². The molecule has 0 saturated heterocycles. The predicted octanol–water partition coefficient (Wildman–Crippen LogP) is -1.10. The van der Waals surface area contributed by atoms with Crippen molar-refractivity contribution in [2.24, 2.45) is 0 Å². The van der Waals surface area contributed by atoms with Gasteiger partial charge < -0.3 is 20.2 Å². The van der Waals surface area contributed by atoms with Crippen molar-refractivity contribution in [2.75, 3.05) is 26.7 Å². The first kappa shape index (κ1) is 17.9. The molecular weight excluding hydrogens is 266 g/mol. The van der Waals surface area contributed by atoms with Gasteiger partial charge in [-0.2, -0.15) is 0 Å². The highest BCUT2D eigenvalue weighted by Gasteiger charge is 2.26. The lowest BCUT2D eigenvalue weighted by molar-refractivity contribution is -0.150. The Hall–Kier alpha value is -2.12. The van der Waals surface area contributed by atoms with E-state index >= 15 is 0 Å². The highest BCUT2D eigenvalue weighted by molar-refractivity contribution is 5.87. The van der Waals surface area contributed by atoms with Crippen LogP contribution in [0.5, 0.6) is 0 Å². The van der Waals surface area contributed by atoms with E-state index in [1.807, 2.05) is 0 Å². The number of hydrogen-bond donors (Lipinski definition) is 2. The van der Waals surface area contributed by atoms with Crippen molar-refractivity contribution in [3.05, 3.63) is 0 Å². The van der Waals surface area contributed by atoms with Crippen LogP contribution in [0.3, 0.4) is 0 Å². The van der Waals surface area contributed by atoms with Gasteiger partial charge in [0, 0.05) is 34.0 Å². The monoisotopic (exact) mass is 287 g/mol. The van der Waals surface area contributed by atoms with Gasteiger partial charge in [0.25, 0.3) is 0 Å². The van der Waals surface area contributed by atoms with E-state index in [0.717, 1.165) is 4.90 Å². The SMILES string of the molecule is CC(=O)NCCN(C(=O)CN(C)C(C)=O)C(C)C(=O)O. The quantitative estimate of drug-likeness (QED) is 0.618. The molecule has 0 aliphatic heterocycles. The number of amides is 3. The number of likely N-dealkylation sites (N-methyl/N-ethyl adjacent to an activating group) is 1. The summed E-state index contributed by atoms with van der Waals surface area (Å²) in [5.74, 6) is -2.18. The van der Waals surface area contributed by atoms with Gasteiger partial charge in [-0.1, -0.05) is 0 Å². The van der Waals surface area contributed by atoms with Gasteiger partial charge in [-0.05, 0) is 6.92 Å². The smallest absolute Gasteiger partial charge is 0.326 e. The van der Waals surface area contributed by atoms with Gasteiger partial charge in [0.2, 0.25) is 17.7 Å². The third kappa shape index (κ3) is 6.17. The molecule has 0 aromatic rings. The van der Waals surface area contributed by atoms with Crippen molar-refractivity contribution in [3.8, 4) is 0 Å². The van der Waals surface area contributed by atoms with E-state index in [9.17, 15) is 19.2 Å². The minimum atomic E-state index is -1.15. The summed E-state index contributed by atoms with van der Waals surface area (Å²) < 4.78 is 0. The van der Waals surface area contributed by atoms with Crippen molar-refractivity contribution >= 4 is 23.7 Å². The number of aliphatic carboxylic acids is 1. The Labute approximate surface area is 117 Å². The van der Waals surface area contributed by atoms with Crippen LogP contribution in [0, 0.1) is 0 Å². The third-order valence-corrected chi connectivity index (χ3v) is 2.78. The van der Waals surface area contributed by atoms with Gasteiger partial charge >= 0.3 is 5.97 Å². The molecule has 114 valence electrons. The summed E-state index contributed by atoms with van der Waals surface area (Å²) in [5.41, 5.74) is 0. The molecular formula is C12H21N3O5. The normalized spacial score (nSPS) is 11.4. The van der Waals surface area contributed by atoms with Gasteiger partial charge in [-0.15, -0.1) is 0 Å². The number of carboxylic acids is 1. The van der Waals surface area contributed by atoms with E-state index in [0.29, 0.717) is 0 Å². The molecule has 0 aliphatic rings. The first-order chi connectivity index (χ1) is 9.16. The fourth-order valence-electron chi connectivity index (χ4n) is 1.43. The predicted molar refractivity (Wildman–Crippen MR) is 70.8 cm³/mol. The van der Waals surface area contributed by atoms with E-state index in [1.165, 1.54) is 32.7 Å². The Balaban J connectivity index is 4.74. The highest BCUT2D eigenvalue weighted by atomic mass is 16.4. The lowest BCUT2D eigenvalue weighted by atomic mass is 10.2. The van der Waals surface area contributed by atoms with Gasteiger partial charge in [0.1, 0.15) is 6.04 Å². The van der Waals surface area contributed by atoms with E-state index < -0.39 is 17.9 Å². The summed E-state index contributed by atoms with van der Waals surface area (Å²) >= 11 is 0. The largest absolute Gasteiger partial charge is 0.480 e. The maximum Gasteiger partial charge on any atom is 0.326 e. The number of carbonyl (C=O) groups excluding carboxylic acids is 3. The molecule has 0 spiro atoms. The lowest BCUT2D eigenvalue weighted by Gasteiger charge is -2.28. The molecule has 0 bridgehead atoms. The van der Waals surface area contributed by atoms with Crippen molar-refractivity contribution in [2.45, 2.75) is 26.8 Å². The fraction of sp³-hybridized carbons (Fsp3) is 0.667. The average molecular weight is 287 g/mol. The zero-order valence-corrected chi connectivity index (χ0v) is 12.2. The first-order valence-electron chi connectivity index (χ1n) is 6.15. The first-order valence-corrected chi connectivity index (χ1v) is 6.15. The van der Waals surface area contributed by atoms with Crippen LogP contribution in [0.15, 0.2) is 0 Å². The second kappa shape index (κ2) is 8.13. The van der Waals surface area contributed by atoms with Crippen LogP contribution in [-0.2, 0) is 19.2 Å². The Morgan fingerprint density at radius 2 is 1.75 bits per heavy atom. The zero-order valence-electron chi connectivity index (χ0n) is 12.2. The second-order valence-electron chi connectivity index (χ2n) is 4.46. The fourth-order valence-corrected chi connectivity index (χ4v) is 1.43. The van der Waals surface area contributed by atoms with Crippen molar-refractivity contribution in [1.82, 2.24) is 15.1 Å². The van der Waals surface area contributed by atoms with Crippen LogP contribution >= 0.6 is 0 Å². The standard InChI is InChI=1S/C12H21N3O5/c1-8(12(19)20)15(6-5-13-9(2)16)11(18)7-14(4)10(3)17/h8H,5-7H2,1-4H3,(H,13,16)(H,19,20). The Morgan fingerprint density at radius 3 is 2.15 bits per heavy atom. The summed E-state index contributed by atoms with van der Waals surface area (Å²) in [7, 11) is 1.46. The van der Waals surface area contributed by atoms with E-state index in [2.05, 4.69) is 5.32 Å². The molecule has 8 heteroatoms. The van der Waals surface area contributed by atoms with E-state index in [-0.39, 0.29) is 31.4 Å². The minimum absolute atomic E-state index is 0.0671. The summed E-state index contributed by atoms with van der Waals surface area (Å²) in [6.07, 6.45) is 0. The molecule has 0 aromatic carbocycles. The number of rotatable bonds is 7. The molecule has 3 amide bonds. The van der Waals surface area contributed by atoms with E-state index in [1.54, 1.807) is 0 Å². The highest BCUT2D eigenvalue weighted by Crippen LogP contribution is 2.01. The minimum Gasteiger partial charge on any atom is -0.480 e. The summed E-state index contributed by atoms with van der Waals surface area (Å²) in [4.78, 5) is 47.2. The Bertz CT molecular complexity index is 397. The number of carboxylic acid groups (broad SMARTS) is 1. The molecule has 0 aromatic heterocycles. The number of hydrogen-bond acceptors (Lipinski definition) is 4. The van der Waals surface area contributed by atoms with Crippen molar-refractivity contribution in [1.29, 1.82) is 0 Å². The Kier molecular flexibility index (Phi) is 7.27. The van der Waals surface area contributed by atoms with Crippen LogP contribution in [-0.4, -0.2) is 71.3 Å². The molecule has 2 N–H and O–H groups in total. The molecule has 0 aliphatic carbocycles. The molecule has 0 saturated carbocycles. The average Bonchev–Trinajstić information content (AvgIpc) is 2.32. The molecule has 8 nitrogen and oxygen atoms in total. The molecule has 20 heavy (non-hydrogen) atoms. The van der Waals surface area contributed by atoms with Crippen LogP contribution in [0.1, 0.15) is 20.8 Å². The molecule has 0 rings (SSSR count). The zero-order chi connectivity index (χ0) is 15.9. The van der Waals surface area contributed by atoms with Crippen LogP contribution < -0.4 is 5.32 Å². The molecule has 1 atom stereocenters. The third-order valence-electron chi connectivity index (χ3n) is 2.78. The topological polar surface area (TPSA) is 107 Å².